The third-order valence-corrected chi connectivity index (χ3v) is 8.17. The molecule has 8 heteroatoms. The monoisotopic (exact) mass is 460 g/mol. The maximum absolute atomic E-state index is 12.3. The van der Waals surface area contributed by atoms with Gasteiger partial charge in [-0.3, -0.25) is 0 Å². The van der Waals surface area contributed by atoms with Crippen LogP contribution >= 0.6 is 11.9 Å². The Balaban J connectivity index is 1.12. The van der Waals surface area contributed by atoms with Crippen molar-refractivity contribution < 1.29 is 14.3 Å². The third-order valence-electron chi connectivity index (χ3n) is 6.74. The maximum Gasteiger partial charge on any atom is 0.410 e. The zero-order chi connectivity index (χ0) is 22.3. The summed E-state index contributed by atoms with van der Waals surface area (Å²) < 4.78 is 14.4. The summed E-state index contributed by atoms with van der Waals surface area (Å²) in [4.78, 5) is 21.3. The molecular formula is C24H36N4O3S. The molecule has 7 nitrogen and oxygen atoms in total. The third kappa shape index (κ3) is 5.28. The van der Waals surface area contributed by atoms with Crippen LogP contribution in [0.5, 0.6) is 5.75 Å². The molecule has 1 saturated carbocycles. The van der Waals surface area contributed by atoms with E-state index in [9.17, 15) is 4.79 Å². The van der Waals surface area contributed by atoms with Crippen LogP contribution in [0.15, 0.2) is 12.3 Å². The molecule has 1 atom stereocenters. The van der Waals surface area contributed by atoms with Crippen molar-refractivity contribution in [3.63, 3.8) is 0 Å². The van der Waals surface area contributed by atoms with Crippen LogP contribution in [0, 0.1) is 5.92 Å². The molecule has 0 aromatic carbocycles. The molecule has 0 radical (unpaired) electrons. The molecule has 1 unspecified atom stereocenters. The van der Waals surface area contributed by atoms with E-state index >= 15 is 0 Å². The Morgan fingerprint density at radius 3 is 2.47 bits per heavy atom. The number of rotatable bonds is 4. The number of fused-ring (bicyclic) bond motifs is 1. The molecule has 5 rings (SSSR count). The number of pyridine rings is 1. The van der Waals surface area contributed by atoms with Crippen molar-refractivity contribution in [1.29, 1.82) is 0 Å². The SMILES string of the molecule is CC(C)(C)OC(=O)N1CCC(C2Cc3cc(N4CCN(SC5CC5)CC4)ncc3O2)CC1. The molecule has 1 aliphatic carbocycles. The average molecular weight is 461 g/mol. The molecule has 3 fully saturated rings. The minimum atomic E-state index is -0.447. The number of aromatic nitrogens is 1. The lowest BCUT2D eigenvalue weighted by Crippen LogP contribution is -2.44. The maximum atomic E-state index is 12.3. The van der Waals surface area contributed by atoms with Gasteiger partial charge in [-0.25, -0.2) is 14.1 Å². The first-order valence-electron chi connectivity index (χ1n) is 12.1. The number of piperazine rings is 1. The first-order valence-corrected chi connectivity index (χ1v) is 13.0. The summed E-state index contributed by atoms with van der Waals surface area (Å²) in [7, 11) is 0. The van der Waals surface area contributed by atoms with Crippen LogP contribution in [0.3, 0.4) is 0 Å². The van der Waals surface area contributed by atoms with E-state index in [0.717, 1.165) is 75.3 Å². The lowest BCUT2D eigenvalue weighted by molar-refractivity contribution is 0.0123. The van der Waals surface area contributed by atoms with Crippen LogP contribution in [-0.4, -0.2) is 76.5 Å². The van der Waals surface area contributed by atoms with Crippen molar-refractivity contribution in [3.05, 3.63) is 17.8 Å². The number of nitrogens with zero attached hydrogens (tertiary/aromatic N) is 4. The van der Waals surface area contributed by atoms with Crippen LogP contribution in [-0.2, 0) is 11.2 Å². The van der Waals surface area contributed by atoms with Gasteiger partial charge in [-0.15, -0.1) is 0 Å². The van der Waals surface area contributed by atoms with Gasteiger partial charge in [0.05, 0.1) is 6.20 Å². The minimum Gasteiger partial charge on any atom is -0.488 e. The zero-order valence-corrected chi connectivity index (χ0v) is 20.4. The molecule has 4 aliphatic rings. The van der Waals surface area contributed by atoms with E-state index in [-0.39, 0.29) is 12.2 Å². The number of anilines is 1. The van der Waals surface area contributed by atoms with Crippen LogP contribution in [0.2, 0.25) is 0 Å². The molecule has 1 amide bonds. The second-order valence-corrected chi connectivity index (χ2v) is 11.9. The van der Waals surface area contributed by atoms with Gasteiger partial charge >= 0.3 is 6.09 Å². The fraction of sp³-hybridized carbons (Fsp3) is 0.750. The van der Waals surface area contributed by atoms with E-state index in [0.29, 0.717) is 5.92 Å². The predicted octanol–water partition coefficient (Wildman–Crippen LogP) is 3.96. The Morgan fingerprint density at radius 2 is 1.81 bits per heavy atom. The van der Waals surface area contributed by atoms with E-state index in [2.05, 4.69) is 27.2 Å². The Morgan fingerprint density at radius 1 is 1.09 bits per heavy atom. The molecule has 1 aromatic rings. The number of carbonyl (C=O) groups excluding carboxylic acids is 1. The molecule has 32 heavy (non-hydrogen) atoms. The van der Waals surface area contributed by atoms with Gasteiger partial charge in [0.2, 0.25) is 0 Å². The summed E-state index contributed by atoms with van der Waals surface area (Å²) in [6.07, 6.45) is 7.55. The first-order chi connectivity index (χ1) is 15.3. The number of piperidine rings is 1. The number of carbonyl (C=O) groups is 1. The highest BCUT2D eigenvalue weighted by Gasteiger charge is 2.35. The summed E-state index contributed by atoms with van der Waals surface area (Å²) in [5, 5.41) is 0.879. The number of likely N-dealkylation sites (tertiary alicyclic amines) is 1. The highest BCUT2D eigenvalue weighted by atomic mass is 32.2. The Labute approximate surface area is 195 Å². The summed E-state index contributed by atoms with van der Waals surface area (Å²) in [6.45, 7) is 11.5. The average Bonchev–Trinajstić information content (AvgIpc) is 3.47. The van der Waals surface area contributed by atoms with E-state index in [4.69, 9.17) is 14.5 Å². The zero-order valence-electron chi connectivity index (χ0n) is 19.6. The molecule has 0 bridgehead atoms. The van der Waals surface area contributed by atoms with Crippen molar-refractivity contribution >= 4 is 23.9 Å². The van der Waals surface area contributed by atoms with Crippen LogP contribution in [0.1, 0.15) is 52.0 Å². The van der Waals surface area contributed by atoms with Gasteiger partial charge in [0, 0.05) is 56.5 Å². The Bertz CT molecular complexity index is 825. The van der Waals surface area contributed by atoms with E-state index in [1.165, 1.54) is 18.4 Å². The highest BCUT2D eigenvalue weighted by Crippen LogP contribution is 2.38. The second-order valence-electron chi connectivity index (χ2n) is 10.5. The van der Waals surface area contributed by atoms with Gasteiger partial charge < -0.3 is 19.3 Å². The largest absolute Gasteiger partial charge is 0.488 e. The number of amides is 1. The minimum absolute atomic E-state index is 0.189. The fourth-order valence-corrected chi connectivity index (χ4v) is 5.92. The van der Waals surface area contributed by atoms with Gasteiger partial charge in [-0.1, -0.05) is 11.9 Å². The highest BCUT2D eigenvalue weighted by molar-refractivity contribution is 7.97. The van der Waals surface area contributed by atoms with Gasteiger partial charge in [0.1, 0.15) is 23.3 Å². The molecule has 0 N–H and O–H groups in total. The van der Waals surface area contributed by atoms with Gasteiger partial charge in [-0.2, -0.15) is 0 Å². The van der Waals surface area contributed by atoms with Gasteiger partial charge in [0.25, 0.3) is 0 Å². The number of hydrogen-bond acceptors (Lipinski definition) is 7. The normalized spacial score (nSPS) is 24.9. The quantitative estimate of drug-likeness (QED) is 0.630. The van der Waals surface area contributed by atoms with Gasteiger partial charge in [0.15, 0.2) is 0 Å². The fourth-order valence-electron chi connectivity index (χ4n) is 4.78. The van der Waals surface area contributed by atoms with Crippen molar-refractivity contribution in [2.75, 3.05) is 44.2 Å². The van der Waals surface area contributed by atoms with Crippen molar-refractivity contribution in [1.82, 2.24) is 14.2 Å². The predicted molar refractivity (Wildman–Crippen MR) is 127 cm³/mol. The summed E-state index contributed by atoms with van der Waals surface area (Å²) in [5.74, 6) is 2.49. The van der Waals surface area contributed by atoms with Gasteiger partial charge in [-0.05, 0) is 58.4 Å². The van der Waals surface area contributed by atoms with Crippen LogP contribution in [0.25, 0.3) is 0 Å². The summed E-state index contributed by atoms with van der Waals surface area (Å²) in [5.41, 5.74) is 0.835. The molecule has 1 aromatic heterocycles. The number of hydrogen-bond donors (Lipinski definition) is 0. The Kier molecular flexibility index (Phi) is 6.18. The second kappa shape index (κ2) is 8.93. The smallest absolute Gasteiger partial charge is 0.410 e. The topological polar surface area (TPSA) is 58.1 Å². The summed E-state index contributed by atoms with van der Waals surface area (Å²) in [6, 6.07) is 2.24. The molecule has 2 saturated heterocycles. The lowest BCUT2D eigenvalue weighted by Gasteiger charge is -2.35. The van der Waals surface area contributed by atoms with Crippen LogP contribution in [0.4, 0.5) is 10.6 Å². The first kappa shape index (κ1) is 22.1. The van der Waals surface area contributed by atoms with Crippen molar-refractivity contribution in [3.8, 4) is 5.75 Å². The van der Waals surface area contributed by atoms with E-state index in [1.807, 2.05) is 31.9 Å². The number of ether oxygens (including phenoxy) is 2. The molecule has 0 spiro atoms. The van der Waals surface area contributed by atoms with Crippen molar-refractivity contribution in [2.45, 2.75) is 69.8 Å². The molecular weight excluding hydrogens is 424 g/mol. The van der Waals surface area contributed by atoms with Crippen LogP contribution < -0.4 is 9.64 Å². The molecule has 3 aliphatic heterocycles. The standard InChI is InChI=1S/C24H36N4O3S/c1-24(2,3)31-23(29)27-8-6-17(7-9-27)20-14-18-15-22(25-16-21(18)30-20)26-10-12-28(13-11-26)32-19-4-5-19/h15-17,19-20H,4-14H2,1-3H3. The Hall–Kier alpha value is -1.67. The lowest BCUT2D eigenvalue weighted by atomic mass is 9.89. The van der Waals surface area contributed by atoms with E-state index < -0.39 is 5.60 Å². The molecule has 4 heterocycles. The van der Waals surface area contributed by atoms with Crippen molar-refractivity contribution in [2.24, 2.45) is 5.92 Å². The summed E-state index contributed by atoms with van der Waals surface area (Å²) >= 11 is 2.06. The molecule has 176 valence electrons. The van der Waals surface area contributed by atoms with E-state index in [1.54, 1.807) is 0 Å².